The van der Waals surface area contributed by atoms with Crippen molar-refractivity contribution >= 4 is 16.2 Å². The predicted octanol–water partition coefficient (Wildman–Crippen LogP) is 2.51. The van der Waals surface area contributed by atoms with Gasteiger partial charge >= 0.3 is 6.09 Å². The van der Waals surface area contributed by atoms with Gasteiger partial charge in [-0.15, -0.1) is 0 Å². The topological polar surface area (TPSA) is 109 Å². The number of alkyl carbamates (subject to hydrolysis) is 1. The van der Waals surface area contributed by atoms with Gasteiger partial charge in [-0.05, 0) is 53.7 Å². The second kappa shape index (κ2) is 8.67. The minimum Gasteiger partial charge on any atom is -0.444 e. The van der Waals surface area contributed by atoms with Crippen molar-refractivity contribution in [3.63, 3.8) is 0 Å². The van der Waals surface area contributed by atoms with Crippen LogP contribution in [-0.4, -0.2) is 63.5 Å². The molecule has 0 spiro atoms. The lowest BCUT2D eigenvalue weighted by molar-refractivity contribution is -0.156. The van der Waals surface area contributed by atoms with E-state index in [2.05, 4.69) is 5.32 Å². The van der Waals surface area contributed by atoms with Crippen LogP contribution in [0.1, 0.15) is 40.2 Å². The summed E-state index contributed by atoms with van der Waals surface area (Å²) in [4.78, 5) is 12.3. The maximum absolute atomic E-state index is 12.5. The maximum Gasteiger partial charge on any atom is 0.408 e. The highest BCUT2D eigenvalue weighted by Gasteiger charge is 2.52. The second-order valence-electron chi connectivity index (χ2n) is 9.24. The van der Waals surface area contributed by atoms with E-state index in [1.54, 1.807) is 46.8 Å². The molecule has 1 aromatic carbocycles. The molecule has 4 atom stereocenters. The third kappa shape index (κ3) is 6.17. The van der Waals surface area contributed by atoms with Gasteiger partial charge in [-0.1, -0.05) is 17.7 Å². The molecule has 2 saturated heterocycles. The lowest BCUT2D eigenvalue weighted by Crippen LogP contribution is -2.59. The monoisotopic (exact) mass is 457 g/mol. The molecule has 1 N–H and O–H groups in total. The molecule has 0 aliphatic carbocycles. The average molecular weight is 458 g/mol. The van der Waals surface area contributed by atoms with Gasteiger partial charge < -0.3 is 24.3 Å². The highest BCUT2D eigenvalue weighted by Crippen LogP contribution is 2.36. The highest BCUT2D eigenvalue weighted by atomic mass is 32.2. The SMILES string of the molecule is Cc1ccc(S(=O)(=O)OC[C@H]2OC[C@H](NC(=O)OC(C)(C)C)[C@H]3OC(C)(C)O[C@H]32)cc1. The van der Waals surface area contributed by atoms with Gasteiger partial charge in [-0.2, -0.15) is 8.42 Å². The number of hydrogen-bond donors (Lipinski definition) is 1. The van der Waals surface area contributed by atoms with E-state index in [1.807, 2.05) is 6.92 Å². The van der Waals surface area contributed by atoms with Crippen LogP contribution in [-0.2, 0) is 33.2 Å². The first-order chi connectivity index (χ1) is 14.3. The molecule has 2 aliphatic rings. The van der Waals surface area contributed by atoms with Crippen LogP contribution in [0.25, 0.3) is 0 Å². The number of ether oxygens (including phenoxy) is 4. The molecule has 31 heavy (non-hydrogen) atoms. The maximum atomic E-state index is 12.5. The first-order valence-electron chi connectivity index (χ1n) is 10.2. The summed E-state index contributed by atoms with van der Waals surface area (Å²) in [6, 6.07) is 5.87. The molecule has 1 aromatic rings. The summed E-state index contributed by atoms with van der Waals surface area (Å²) in [7, 11) is -3.95. The van der Waals surface area contributed by atoms with Gasteiger partial charge in [0.1, 0.15) is 23.9 Å². The Morgan fingerprint density at radius 1 is 1.16 bits per heavy atom. The molecule has 0 unspecified atom stereocenters. The van der Waals surface area contributed by atoms with Crippen molar-refractivity contribution in [3.05, 3.63) is 29.8 Å². The van der Waals surface area contributed by atoms with Gasteiger partial charge in [0.25, 0.3) is 10.1 Å². The van der Waals surface area contributed by atoms with Crippen LogP contribution >= 0.6 is 0 Å². The number of carbonyl (C=O) groups is 1. The molecule has 3 rings (SSSR count). The first kappa shape index (κ1) is 23.9. The fourth-order valence-electron chi connectivity index (χ4n) is 3.49. The number of aryl methyl sites for hydroxylation is 1. The van der Waals surface area contributed by atoms with Crippen LogP contribution in [0.15, 0.2) is 29.2 Å². The van der Waals surface area contributed by atoms with Crippen LogP contribution in [0.3, 0.4) is 0 Å². The average Bonchev–Trinajstić information content (AvgIpc) is 2.95. The molecule has 10 heteroatoms. The standard InChI is InChI=1S/C21H31NO8S/c1-13-7-9-14(10-8-13)31(24,25)27-12-16-18-17(28-21(5,6)29-18)15(11-26-16)22-19(23)30-20(2,3)4/h7-10,15-18H,11-12H2,1-6H3,(H,22,23)/t15-,16+,17+,18-/m0/s1. The van der Waals surface area contributed by atoms with E-state index in [0.717, 1.165) is 5.56 Å². The zero-order chi connectivity index (χ0) is 23.0. The van der Waals surface area contributed by atoms with E-state index in [4.69, 9.17) is 23.1 Å². The molecule has 0 radical (unpaired) electrons. The van der Waals surface area contributed by atoms with Gasteiger partial charge in [0.2, 0.25) is 0 Å². The van der Waals surface area contributed by atoms with E-state index < -0.39 is 52.0 Å². The lowest BCUT2D eigenvalue weighted by Gasteiger charge is -2.37. The summed E-state index contributed by atoms with van der Waals surface area (Å²) in [5.74, 6) is -0.926. The van der Waals surface area contributed by atoms with Crippen molar-refractivity contribution < 1.29 is 36.3 Å². The Hall–Kier alpha value is -1.72. The third-order valence-electron chi connectivity index (χ3n) is 4.82. The molecule has 2 aliphatic heterocycles. The summed E-state index contributed by atoms with van der Waals surface area (Å²) in [5, 5.41) is 2.76. The zero-order valence-corrected chi connectivity index (χ0v) is 19.5. The molecule has 2 heterocycles. The smallest absolute Gasteiger partial charge is 0.408 e. The Morgan fingerprint density at radius 2 is 1.77 bits per heavy atom. The van der Waals surface area contributed by atoms with Crippen LogP contribution in [0.4, 0.5) is 4.79 Å². The summed E-state index contributed by atoms with van der Waals surface area (Å²) in [5.41, 5.74) is 0.297. The Morgan fingerprint density at radius 3 is 2.39 bits per heavy atom. The molecular weight excluding hydrogens is 426 g/mol. The zero-order valence-electron chi connectivity index (χ0n) is 18.7. The number of benzene rings is 1. The normalized spacial score (nSPS) is 28.1. The van der Waals surface area contributed by atoms with Gasteiger partial charge in [0, 0.05) is 0 Å². The van der Waals surface area contributed by atoms with Crippen molar-refractivity contribution in [3.8, 4) is 0 Å². The lowest BCUT2D eigenvalue weighted by atomic mass is 9.98. The summed E-state index contributed by atoms with van der Waals surface area (Å²) in [6.45, 7) is 10.5. The van der Waals surface area contributed by atoms with E-state index in [9.17, 15) is 13.2 Å². The number of nitrogens with one attached hydrogen (secondary N) is 1. The van der Waals surface area contributed by atoms with E-state index in [0.29, 0.717) is 0 Å². The largest absolute Gasteiger partial charge is 0.444 e. The van der Waals surface area contributed by atoms with Gasteiger partial charge in [-0.25, -0.2) is 4.79 Å². The molecule has 174 valence electrons. The van der Waals surface area contributed by atoms with Crippen LogP contribution in [0.5, 0.6) is 0 Å². The number of rotatable bonds is 5. The summed E-state index contributed by atoms with van der Waals surface area (Å²) in [6.07, 6.45) is -2.46. The van der Waals surface area contributed by atoms with Gasteiger partial charge in [-0.3, -0.25) is 4.18 Å². The fraction of sp³-hybridized carbons (Fsp3) is 0.667. The van der Waals surface area contributed by atoms with Crippen molar-refractivity contribution in [1.82, 2.24) is 5.32 Å². The van der Waals surface area contributed by atoms with Crippen molar-refractivity contribution in [2.75, 3.05) is 13.2 Å². The molecule has 0 aromatic heterocycles. The number of fused-ring (bicyclic) bond motifs is 1. The molecular formula is C21H31NO8S. The minimum atomic E-state index is -3.95. The Balaban J connectivity index is 1.67. The van der Waals surface area contributed by atoms with Crippen molar-refractivity contribution in [2.24, 2.45) is 0 Å². The Bertz CT molecular complexity index is 891. The number of amides is 1. The van der Waals surface area contributed by atoms with Gasteiger partial charge in [0.05, 0.1) is 24.2 Å². The van der Waals surface area contributed by atoms with E-state index in [1.165, 1.54) is 12.1 Å². The number of carbonyl (C=O) groups excluding carboxylic acids is 1. The fourth-order valence-corrected chi connectivity index (χ4v) is 4.41. The summed E-state index contributed by atoms with van der Waals surface area (Å²) < 4.78 is 53.4. The van der Waals surface area contributed by atoms with Crippen molar-refractivity contribution in [1.29, 1.82) is 0 Å². The number of hydrogen-bond acceptors (Lipinski definition) is 8. The molecule has 9 nitrogen and oxygen atoms in total. The first-order valence-corrected chi connectivity index (χ1v) is 11.6. The van der Waals surface area contributed by atoms with Crippen LogP contribution in [0, 0.1) is 6.92 Å². The van der Waals surface area contributed by atoms with E-state index >= 15 is 0 Å². The van der Waals surface area contributed by atoms with Crippen LogP contribution < -0.4 is 5.32 Å². The molecule has 0 saturated carbocycles. The van der Waals surface area contributed by atoms with E-state index in [-0.39, 0.29) is 18.1 Å². The quantitative estimate of drug-likeness (QED) is 0.672. The molecule has 0 bridgehead atoms. The summed E-state index contributed by atoms with van der Waals surface area (Å²) >= 11 is 0. The third-order valence-corrected chi connectivity index (χ3v) is 6.11. The predicted molar refractivity (Wildman–Crippen MR) is 111 cm³/mol. The minimum absolute atomic E-state index is 0.0684. The molecule has 2 fully saturated rings. The Kier molecular flexibility index (Phi) is 6.69. The second-order valence-corrected chi connectivity index (χ2v) is 10.9. The Labute approximate surface area is 183 Å². The highest BCUT2D eigenvalue weighted by molar-refractivity contribution is 7.86. The van der Waals surface area contributed by atoms with Crippen molar-refractivity contribution in [2.45, 2.75) is 82.2 Å². The van der Waals surface area contributed by atoms with Crippen LogP contribution in [0.2, 0.25) is 0 Å². The van der Waals surface area contributed by atoms with Gasteiger partial charge in [0.15, 0.2) is 5.79 Å². The molecule has 1 amide bonds.